The number of carbonyl (C=O) groups excluding carboxylic acids is 2. The molecule has 1 N–H and O–H groups in total. The third-order valence-electron chi connectivity index (χ3n) is 3.76. The summed E-state index contributed by atoms with van der Waals surface area (Å²) in [6.45, 7) is 6.97. The van der Waals surface area contributed by atoms with Crippen LogP contribution in [0.2, 0.25) is 0 Å². The highest BCUT2D eigenvalue weighted by Crippen LogP contribution is 2.25. The predicted molar refractivity (Wildman–Crippen MR) is 80.1 cm³/mol. The number of ketones is 1. The molecule has 108 valence electrons. The van der Waals surface area contributed by atoms with Crippen LogP contribution in [0.5, 0.6) is 0 Å². The molecule has 1 aromatic rings. The summed E-state index contributed by atoms with van der Waals surface area (Å²) in [6.07, 6.45) is 1.68. The average Bonchev–Trinajstić information content (AvgIpc) is 2.89. The monoisotopic (exact) mass is 274 g/mol. The van der Waals surface area contributed by atoms with Crippen LogP contribution in [-0.4, -0.2) is 35.7 Å². The molecule has 0 saturated carbocycles. The molecule has 1 atom stereocenters. The van der Waals surface area contributed by atoms with Crippen molar-refractivity contribution in [2.45, 2.75) is 39.7 Å². The number of carbonyl (C=O) groups is 2. The number of rotatable bonds is 4. The largest absolute Gasteiger partial charge is 0.385 e. The quantitative estimate of drug-likeness (QED) is 0.918. The Morgan fingerprint density at radius 2 is 2.15 bits per heavy atom. The Morgan fingerprint density at radius 3 is 2.80 bits per heavy atom. The molecular weight excluding hydrogens is 252 g/mol. The molecular formula is C16H22N2O2. The first-order valence-corrected chi connectivity index (χ1v) is 7.20. The maximum atomic E-state index is 12.7. The first-order chi connectivity index (χ1) is 9.54. The molecule has 0 spiro atoms. The Kier molecular flexibility index (Phi) is 4.42. The average molecular weight is 274 g/mol. The molecule has 0 unspecified atom stereocenters. The van der Waals surface area contributed by atoms with Crippen molar-refractivity contribution in [3.05, 3.63) is 29.3 Å². The van der Waals surface area contributed by atoms with E-state index in [1.807, 2.05) is 32.0 Å². The molecule has 0 aromatic heterocycles. The number of hydrogen-bond acceptors (Lipinski definition) is 3. The van der Waals surface area contributed by atoms with E-state index in [1.165, 1.54) is 0 Å². The summed E-state index contributed by atoms with van der Waals surface area (Å²) < 4.78 is 0. The van der Waals surface area contributed by atoms with Gasteiger partial charge in [-0.25, -0.2) is 0 Å². The van der Waals surface area contributed by atoms with Crippen LogP contribution in [0.1, 0.15) is 42.6 Å². The summed E-state index contributed by atoms with van der Waals surface area (Å²) in [6, 6.07) is 5.57. The van der Waals surface area contributed by atoms with Crippen molar-refractivity contribution >= 4 is 17.4 Å². The van der Waals surface area contributed by atoms with Gasteiger partial charge in [0.05, 0.1) is 11.6 Å². The van der Waals surface area contributed by atoms with Gasteiger partial charge in [0, 0.05) is 18.8 Å². The Morgan fingerprint density at radius 1 is 1.40 bits per heavy atom. The molecule has 1 aliphatic rings. The molecule has 0 bridgehead atoms. The maximum absolute atomic E-state index is 12.7. The number of nitrogens with one attached hydrogen (secondary N) is 1. The van der Waals surface area contributed by atoms with E-state index in [9.17, 15) is 9.59 Å². The van der Waals surface area contributed by atoms with Crippen molar-refractivity contribution < 1.29 is 9.59 Å². The van der Waals surface area contributed by atoms with Crippen molar-refractivity contribution in [3.8, 4) is 0 Å². The van der Waals surface area contributed by atoms with Crippen molar-refractivity contribution in [3.63, 3.8) is 0 Å². The highest BCUT2D eigenvalue weighted by Gasteiger charge is 2.33. The Balaban J connectivity index is 2.32. The van der Waals surface area contributed by atoms with Crippen LogP contribution in [0.15, 0.2) is 18.2 Å². The van der Waals surface area contributed by atoms with E-state index >= 15 is 0 Å². The van der Waals surface area contributed by atoms with Crippen LogP contribution < -0.4 is 5.32 Å². The Hall–Kier alpha value is -1.84. The highest BCUT2D eigenvalue weighted by atomic mass is 16.2. The lowest BCUT2D eigenvalue weighted by molar-refractivity contribution is -0.120. The van der Waals surface area contributed by atoms with E-state index in [-0.39, 0.29) is 17.7 Å². The minimum atomic E-state index is -0.252. The van der Waals surface area contributed by atoms with Crippen LogP contribution in [0.4, 0.5) is 5.69 Å². The summed E-state index contributed by atoms with van der Waals surface area (Å²) in [5.74, 6) is 0.0378. The second-order valence-electron chi connectivity index (χ2n) is 5.35. The van der Waals surface area contributed by atoms with Gasteiger partial charge in [0.1, 0.15) is 0 Å². The molecule has 1 aromatic carbocycles. The number of hydrogen-bond donors (Lipinski definition) is 1. The SMILES string of the molecule is CCNc1ccc(C)cc1C(=O)N1CCC[C@@H]1C(C)=O. The molecule has 1 heterocycles. The van der Waals surface area contributed by atoms with Gasteiger partial charge in [-0.1, -0.05) is 11.6 Å². The Labute approximate surface area is 120 Å². The fourth-order valence-corrected chi connectivity index (χ4v) is 2.77. The topological polar surface area (TPSA) is 49.4 Å². The lowest BCUT2D eigenvalue weighted by Crippen LogP contribution is -2.39. The molecule has 2 rings (SSSR count). The van der Waals surface area contributed by atoms with Crippen LogP contribution >= 0.6 is 0 Å². The fraction of sp³-hybridized carbons (Fsp3) is 0.500. The smallest absolute Gasteiger partial charge is 0.256 e. The summed E-state index contributed by atoms with van der Waals surface area (Å²) in [5, 5.41) is 3.22. The van der Waals surface area contributed by atoms with E-state index in [4.69, 9.17) is 0 Å². The van der Waals surface area contributed by atoms with Crippen molar-refractivity contribution in [1.29, 1.82) is 0 Å². The van der Waals surface area contributed by atoms with Gasteiger partial charge >= 0.3 is 0 Å². The molecule has 1 amide bonds. The summed E-state index contributed by atoms with van der Waals surface area (Å²) in [7, 11) is 0. The first-order valence-electron chi connectivity index (χ1n) is 7.20. The zero-order valence-electron chi connectivity index (χ0n) is 12.4. The van der Waals surface area contributed by atoms with Gasteiger partial charge in [-0.2, -0.15) is 0 Å². The lowest BCUT2D eigenvalue weighted by atomic mass is 10.1. The first kappa shape index (κ1) is 14.6. The van der Waals surface area contributed by atoms with E-state index in [0.717, 1.165) is 30.6 Å². The van der Waals surface area contributed by atoms with E-state index in [0.29, 0.717) is 12.1 Å². The second kappa shape index (κ2) is 6.07. The molecule has 0 radical (unpaired) electrons. The van der Waals surface area contributed by atoms with Gasteiger partial charge in [0.2, 0.25) is 0 Å². The molecule has 4 nitrogen and oxygen atoms in total. The number of aryl methyl sites for hydroxylation is 1. The standard InChI is InChI=1S/C16H22N2O2/c1-4-17-14-8-7-11(2)10-13(14)16(20)18-9-5-6-15(18)12(3)19/h7-8,10,15,17H,4-6,9H2,1-3H3/t15-/m1/s1. The molecule has 1 aliphatic heterocycles. The summed E-state index contributed by atoms with van der Waals surface area (Å²) in [5.41, 5.74) is 2.56. The van der Waals surface area contributed by atoms with E-state index < -0.39 is 0 Å². The van der Waals surface area contributed by atoms with Gasteiger partial charge < -0.3 is 10.2 Å². The molecule has 20 heavy (non-hydrogen) atoms. The van der Waals surface area contributed by atoms with Gasteiger partial charge in [0.15, 0.2) is 5.78 Å². The Bertz CT molecular complexity index is 525. The lowest BCUT2D eigenvalue weighted by Gasteiger charge is -2.24. The second-order valence-corrected chi connectivity index (χ2v) is 5.35. The van der Waals surface area contributed by atoms with Crippen LogP contribution in [-0.2, 0) is 4.79 Å². The molecule has 1 fully saturated rings. The number of amides is 1. The van der Waals surface area contributed by atoms with Gasteiger partial charge in [-0.3, -0.25) is 9.59 Å². The highest BCUT2D eigenvalue weighted by molar-refractivity contribution is 6.02. The van der Waals surface area contributed by atoms with Crippen molar-refractivity contribution in [2.24, 2.45) is 0 Å². The van der Waals surface area contributed by atoms with Crippen LogP contribution in [0, 0.1) is 6.92 Å². The molecule has 4 heteroatoms. The fourth-order valence-electron chi connectivity index (χ4n) is 2.77. The number of benzene rings is 1. The molecule has 0 aliphatic carbocycles. The maximum Gasteiger partial charge on any atom is 0.256 e. The molecule has 1 saturated heterocycles. The number of nitrogens with zero attached hydrogens (tertiary/aromatic N) is 1. The summed E-state index contributed by atoms with van der Waals surface area (Å²) >= 11 is 0. The van der Waals surface area contributed by atoms with Crippen molar-refractivity contribution in [1.82, 2.24) is 4.90 Å². The van der Waals surface area contributed by atoms with Gasteiger partial charge in [0.25, 0.3) is 5.91 Å². The third-order valence-corrected chi connectivity index (χ3v) is 3.76. The number of anilines is 1. The number of Topliss-reactive ketones (excluding diaryl/α,β-unsaturated/α-hetero) is 1. The van der Waals surface area contributed by atoms with E-state index in [2.05, 4.69) is 5.32 Å². The van der Waals surface area contributed by atoms with Crippen molar-refractivity contribution in [2.75, 3.05) is 18.4 Å². The normalized spacial score (nSPS) is 18.1. The number of likely N-dealkylation sites (tertiary alicyclic amines) is 1. The minimum Gasteiger partial charge on any atom is -0.385 e. The van der Waals surface area contributed by atoms with Crippen LogP contribution in [0.3, 0.4) is 0 Å². The predicted octanol–water partition coefficient (Wildman–Crippen LogP) is 2.62. The van der Waals surface area contributed by atoms with Crippen LogP contribution in [0.25, 0.3) is 0 Å². The van der Waals surface area contributed by atoms with E-state index in [1.54, 1.807) is 11.8 Å². The minimum absolute atomic E-state index is 0.0395. The third kappa shape index (κ3) is 2.84. The summed E-state index contributed by atoms with van der Waals surface area (Å²) in [4.78, 5) is 26.1. The van der Waals surface area contributed by atoms with Gasteiger partial charge in [-0.15, -0.1) is 0 Å². The van der Waals surface area contributed by atoms with Gasteiger partial charge in [-0.05, 0) is 45.7 Å². The zero-order valence-corrected chi connectivity index (χ0v) is 12.4. The zero-order chi connectivity index (χ0) is 14.7.